The van der Waals surface area contributed by atoms with Crippen LogP contribution in [0.15, 0.2) is 0 Å². The maximum Gasteiger partial charge on any atom is 0.240 e. The number of rotatable bonds is 5. The summed E-state index contributed by atoms with van der Waals surface area (Å²) < 4.78 is 5.34. The monoisotopic (exact) mass is 269 g/mol. The fourth-order valence-electron chi connectivity index (χ4n) is 2.89. The van der Waals surface area contributed by atoms with Crippen molar-refractivity contribution in [1.82, 2.24) is 15.1 Å². The van der Waals surface area contributed by atoms with Gasteiger partial charge in [-0.3, -0.25) is 15.0 Å². The number of nitrogens with zero attached hydrogens (tertiary/aromatic N) is 2. The van der Waals surface area contributed by atoms with Crippen molar-refractivity contribution in [2.45, 2.75) is 39.4 Å². The van der Waals surface area contributed by atoms with Crippen LogP contribution in [0.25, 0.3) is 0 Å². The highest BCUT2D eigenvalue weighted by Gasteiger charge is 2.37. The number of amides is 1. The molecule has 2 heterocycles. The van der Waals surface area contributed by atoms with Gasteiger partial charge in [0.2, 0.25) is 5.91 Å². The van der Waals surface area contributed by atoms with Crippen molar-refractivity contribution in [3.8, 4) is 0 Å². The summed E-state index contributed by atoms with van der Waals surface area (Å²) in [6, 6.07) is -0.0317. The van der Waals surface area contributed by atoms with Gasteiger partial charge in [0, 0.05) is 26.2 Å². The van der Waals surface area contributed by atoms with Gasteiger partial charge in [-0.25, -0.2) is 0 Å². The number of nitrogens with one attached hydrogen (secondary N) is 1. The molecule has 0 spiro atoms. The molecule has 19 heavy (non-hydrogen) atoms. The Kier molecular flexibility index (Phi) is 5.19. The van der Waals surface area contributed by atoms with Gasteiger partial charge < -0.3 is 9.64 Å². The normalized spacial score (nSPS) is 29.5. The van der Waals surface area contributed by atoms with Crippen molar-refractivity contribution in [2.24, 2.45) is 5.92 Å². The number of hydrogen-bond acceptors (Lipinski definition) is 4. The fraction of sp³-hybridized carbons (Fsp3) is 0.929. The second-order valence-corrected chi connectivity index (χ2v) is 5.92. The lowest BCUT2D eigenvalue weighted by atomic mass is 10.1. The van der Waals surface area contributed by atoms with Crippen LogP contribution in [0.4, 0.5) is 0 Å². The molecule has 0 aromatic heterocycles. The maximum absolute atomic E-state index is 12.1. The van der Waals surface area contributed by atoms with Crippen LogP contribution in [0, 0.1) is 5.92 Å². The van der Waals surface area contributed by atoms with E-state index in [0.29, 0.717) is 5.92 Å². The standard InChI is InChI=1S/C14H27N3O2/c1-11(2)13-15-12(3)14(18)17(13)6-4-5-16-7-9-19-10-8-16/h11-13,15H,4-10H2,1-3H3. The molecule has 2 saturated heterocycles. The Morgan fingerprint density at radius 2 is 2.00 bits per heavy atom. The second kappa shape index (κ2) is 6.68. The summed E-state index contributed by atoms with van der Waals surface area (Å²) in [4.78, 5) is 16.6. The smallest absolute Gasteiger partial charge is 0.240 e. The van der Waals surface area contributed by atoms with Gasteiger partial charge in [-0.2, -0.15) is 0 Å². The molecule has 110 valence electrons. The highest BCUT2D eigenvalue weighted by atomic mass is 16.5. The third-order valence-corrected chi connectivity index (χ3v) is 4.02. The molecule has 5 heteroatoms. The Labute approximate surface area is 116 Å². The first-order valence-electron chi connectivity index (χ1n) is 7.46. The quantitative estimate of drug-likeness (QED) is 0.790. The first-order chi connectivity index (χ1) is 9.09. The van der Waals surface area contributed by atoms with E-state index in [1.807, 2.05) is 11.8 Å². The molecule has 5 nitrogen and oxygen atoms in total. The third kappa shape index (κ3) is 3.68. The molecule has 0 aliphatic carbocycles. The van der Waals surface area contributed by atoms with Gasteiger partial charge in [0.25, 0.3) is 0 Å². The number of carbonyl (C=O) groups is 1. The van der Waals surface area contributed by atoms with Crippen LogP contribution < -0.4 is 5.32 Å². The van der Waals surface area contributed by atoms with Crippen molar-refractivity contribution < 1.29 is 9.53 Å². The molecular formula is C14H27N3O2. The molecule has 2 atom stereocenters. The van der Waals surface area contributed by atoms with Gasteiger partial charge in [-0.15, -0.1) is 0 Å². The molecule has 2 rings (SSSR count). The first-order valence-corrected chi connectivity index (χ1v) is 7.46. The summed E-state index contributed by atoms with van der Waals surface area (Å²) >= 11 is 0. The van der Waals surface area contributed by atoms with Crippen LogP contribution in [0.3, 0.4) is 0 Å². The number of carbonyl (C=O) groups excluding carboxylic acids is 1. The van der Waals surface area contributed by atoms with Gasteiger partial charge in [0.1, 0.15) is 0 Å². The number of ether oxygens (including phenoxy) is 1. The van der Waals surface area contributed by atoms with E-state index < -0.39 is 0 Å². The molecule has 1 N–H and O–H groups in total. The van der Waals surface area contributed by atoms with Crippen molar-refractivity contribution in [3.63, 3.8) is 0 Å². The van der Waals surface area contributed by atoms with Crippen molar-refractivity contribution in [3.05, 3.63) is 0 Å². The van der Waals surface area contributed by atoms with Crippen LogP contribution in [0.2, 0.25) is 0 Å². The van der Waals surface area contributed by atoms with Crippen molar-refractivity contribution >= 4 is 5.91 Å². The lowest BCUT2D eigenvalue weighted by Crippen LogP contribution is -2.43. The average Bonchev–Trinajstić information content (AvgIpc) is 2.68. The molecule has 1 amide bonds. The van der Waals surface area contributed by atoms with Crippen LogP contribution in [0.5, 0.6) is 0 Å². The SMILES string of the molecule is CC1NC(C(C)C)N(CCCN2CCOCC2)C1=O. The van der Waals surface area contributed by atoms with E-state index in [0.717, 1.165) is 45.8 Å². The summed E-state index contributed by atoms with van der Waals surface area (Å²) in [6.45, 7) is 11.9. The third-order valence-electron chi connectivity index (χ3n) is 4.02. The Balaban J connectivity index is 1.78. The number of morpholine rings is 1. The minimum atomic E-state index is -0.0317. The van der Waals surface area contributed by atoms with E-state index in [4.69, 9.17) is 4.74 Å². The lowest BCUT2D eigenvalue weighted by Gasteiger charge is -2.30. The van der Waals surface area contributed by atoms with Crippen LogP contribution in [-0.2, 0) is 9.53 Å². The van der Waals surface area contributed by atoms with Gasteiger partial charge in [-0.1, -0.05) is 13.8 Å². The van der Waals surface area contributed by atoms with Gasteiger partial charge in [0.05, 0.1) is 25.4 Å². The largest absolute Gasteiger partial charge is 0.379 e. The first kappa shape index (κ1) is 14.8. The highest BCUT2D eigenvalue weighted by molar-refractivity contribution is 5.83. The summed E-state index contributed by atoms with van der Waals surface area (Å²) in [7, 11) is 0. The number of hydrogen-bond donors (Lipinski definition) is 1. The predicted molar refractivity (Wildman–Crippen MR) is 74.8 cm³/mol. The Hall–Kier alpha value is -0.650. The summed E-state index contributed by atoms with van der Waals surface area (Å²) in [5, 5.41) is 3.38. The van der Waals surface area contributed by atoms with E-state index in [1.54, 1.807) is 0 Å². The molecule has 2 aliphatic heterocycles. The Morgan fingerprint density at radius 3 is 2.63 bits per heavy atom. The molecule has 0 bridgehead atoms. The van der Waals surface area contributed by atoms with Gasteiger partial charge >= 0.3 is 0 Å². The van der Waals surface area contributed by atoms with E-state index in [9.17, 15) is 4.79 Å². The summed E-state index contributed by atoms with van der Waals surface area (Å²) in [5.74, 6) is 0.706. The van der Waals surface area contributed by atoms with Gasteiger partial charge in [-0.05, 0) is 19.3 Å². The zero-order valence-electron chi connectivity index (χ0n) is 12.4. The minimum Gasteiger partial charge on any atom is -0.379 e. The van der Waals surface area contributed by atoms with Crippen LogP contribution >= 0.6 is 0 Å². The fourth-order valence-corrected chi connectivity index (χ4v) is 2.89. The van der Waals surface area contributed by atoms with E-state index in [2.05, 4.69) is 24.1 Å². The summed E-state index contributed by atoms with van der Waals surface area (Å²) in [6.07, 6.45) is 1.25. The molecule has 2 fully saturated rings. The average molecular weight is 269 g/mol. The molecule has 0 radical (unpaired) electrons. The molecule has 0 saturated carbocycles. The van der Waals surface area contributed by atoms with Crippen molar-refractivity contribution in [2.75, 3.05) is 39.4 Å². The zero-order valence-corrected chi connectivity index (χ0v) is 12.4. The Morgan fingerprint density at radius 1 is 1.32 bits per heavy atom. The van der Waals surface area contributed by atoms with Crippen LogP contribution in [0.1, 0.15) is 27.2 Å². The van der Waals surface area contributed by atoms with E-state index in [1.165, 1.54) is 0 Å². The molecule has 2 unspecified atom stereocenters. The topological polar surface area (TPSA) is 44.8 Å². The van der Waals surface area contributed by atoms with Crippen molar-refractivity contribution in [1.29, 1.82) is 0 Å². The Bertz CT molecular complexity index is 303. The zero-order chi connectivity index (χ0) is 13.8. The van der Waals surface area contributed by atoms with E-state index >= 15 is 0 Å². The van der Waals surface area contributed by atoms with Crippen LogP contribution in [-0.4, -0.2) is 67.3 Å². The molecular weight excluding hydrogens is 242 g/mol. The molecule has 0 aromatic rings. The molecule has 2 aliphatic rings. The second-order valence-electron chi connectivity index (χ2n) is 5.92. The summed E-state index contributed by atoms with van der Waals surface area (Å²) in [5.41, 5.74) is 0. The lowest BCUT2D eigenvalue weighted by molar-refractivity contribution is -0.130. The molecule has 0 aromatic carbocycles. The highest BCUT2D eigenvalue weighted by Crippen LogP contribution is 2.17. The van der Waals surface area contributed by atoms with Gasteiger partial charge in [0.15, 0.2) is 0 Å². The van der Waals surface area contributed by atoms with E-state index in [-0.39, 0.29) is 18.1 Å². The minimum absolute atomic E-state index is 0.0317. The predicted octanol–water partition coefficient (Wildman–Crippen LogP) is 0.511. The maximum atomic E-state index is 12.1.